The standard InChI is InChI=1S/C17H23N3O/c21-17(20-9-7-19(8-10-20)15-5-6-15)16-11-13-3-1-2-4-14(13)12-18-16/h1-4,15-16,18H,5-12H2/t16-/m0/s1. The largest absolute Gasteiger partial charge is 0.339 e. The summed E-state index contributed by atoms with van der Waals surface area (Å²) in [7, 11) is 0. The second kappa shape index (κ2) is 5.43. The molecule has 3 aliphatic rings. The number of piperazine rings is 1. The molecule has 0 radical (unpaired) electrons. The molecule has 1 saturated heterocycles. The fourth-order valence-corrected chi connectivity index (χ4v) is 3.60. The second-order valence-electron chi connectivity index (χ2n) is 6.50. The molecular formula is C17H23N3O. The summed E-state index contributed by atoms with van der Waals surface area (Å²) in [6.07, 6.45) is 3.54. The third-order valence-electron chi connectivity index (χ3n) is 5.07. The van der Waals surface area contributed by atoms with Crippen molar-refractivity contribution >= 4 is 5.91 Å². The van der Waals surface area contributed by atoms with Crippen LogP contribution in [0.2, 0.25) is 0 Å². The highest BCUT2D eigenvalue weighted by atomic mass is 16.2. The monoisotopic (exact) mass is 285 g/mol. The zero-order chi connectivity index (χ0) is 14.2. The normalized spacial score (nSPS) is 26.5. The SMILES string of the molecule is O=C([C@@H]1Cc2ccccc2CN1)N1CCN(C2CC2)CC1. The Kier molecular flexibility index (Phi) is 3.43. The van der Waals surface area contributed by atoms with E-state index in [9.17, 15) is 4.79 Å². The average molecular weight is 285 g/mol. The number of amides is 1. The first kappa shape index (κ1) is 13.3. The van der Waals surface area contributed by atoms with Crippen molar-refractivity contribution in [2.75, 3.05) is 26.2 Å². The maximum absolute atomic E-state index is 12.7. The Hall–Kier alpha value is -1.39. The van der Waals surface area contributed by atoms with Gasteiger partial charge in [-0.05, 0) is 30.4 Å². The summed E-state index contributed by atoms with van der Waals surface area (Å²) >= 11 is 0. The molecule has 2 heterocycles. The molecule has 0 unspecified atom stereocenters. The van der Waals surface area contributed by atoms with Gasteiger partial charge in [0.05, 0.1) is 6.04 Å². The molecule has 4 nitrogen and oxygen atoms in total. The van der Waals surface area contributed by atoms with E-state index in [1.165, 1.54) is 24.0 Å². The number of nitrogens with one attached hydrogen (secondary N) is 1. The molecular weight excluding hydrogens is 262 g/mol. The predicted octanol–water partition coefficient (Wildman–Crippen LogP) is 1.01. The third kappa shape index (κ3) is 2.70. The van der Waals surface area contributed by atoms with Gasteiger partial charge in [-0.3, -0.25) is 9.69 Å². The highest BCUT2D eigenvalue weighted by Gasteiger charge is 2.34. The minimum atomic E-state index is -0.0348. The fourth-order valence-electron chi connectivity index (χ4n) is 3.60. The molecule has 4 heteroatoms. The molecule has 2 aliphatic heterocycles. The molecule has 1 amide bonds. The zero-order valence-electron chi connectivity index (χ0n) is 12.4. The van der Waals surface area contributed by atoms with Crippen LogP contribution in [0.4, 0.5) is 0 Å². The van der Waals surface area contributed by atoms with Crippen LogP contribution < -0.4 is 5.32 Å². The van der Waals surface area contributed by atoms with Crippen molar-refractivity contribution < 1.29 is 4.79 Å². The number of carbonyl (C=O) groups excluding carboxylic acids is 1. The topological polar surface area (TPSA) is 35.6 Å². The molecule has 1 aromatic carbocycles. The molecule has 1 N–H and O–H groups in total. The van der Waals surface area contributed by atoms with E-state index in [4.69, 9.17) is 0 Å². The van der Waals surface area contributed by atoms with Crippen LogP contribution in [-0.2, 0) is 17.8 Å². The number of hydrogen-bond donors (Lipinski definition) is 1. The van der Waals surface area contributed by atoms with Crippen molar-refractivity contribution in [2.45, 2.75) is 37.9 Å². The van der Waals surface area contributed by atoms with E-state index in [1.807, 2.05) is 0 Å². The van der Waals surface area contributed by atoms with Crippen LogP contribution in [0.15, 0.2) is 24.3 Å². The molecule has 21 heavy (non-hydrogen) atoms. The van der Waals surface area contributed by atoms with Crippen LogP contribution in [-0.4, -0.2) is 54.0 Å². The van der Waals surface area contributed by atoms with Gasteiger partial charge in [0.15, 0.2) is 0 Å². The lowest BCUT2D eigenvalue weighted by atomic mass is 9.95. The van der Waals surface area contributed by atoms with E-state index >= 15 is 0 Å². The van der Waals surface area contributed by atoms with E-state index in [-0.39, 0.29) is 6.04 Å². The number of nitrogens with zero attached hydrogens (tertiary/aromatic N) is 2. The molecule has 4 rings (SSSR count). The summed E-state index contributed by atoms with van der Waals surface area (Å²) < 4.78 is 0. The van der Waals surface area contributed by atoms with Crippen LogP contribution in [0.5, 0.6) is 0 Å². The van der Waals surface area contributed by atoms with E-state index in [0.29, 0.717) is 5.91 Å². The number of carbonyl (C=O) groups is 1. The Bertz CT molecular complexity index is 533. The molecule has 1 atom stereocenters. The van der Waals surface area contributed by atoms with E-state index < -0.39 is 0 Å². The van der Waals surface area contributed by atoms with Crippen molar-refractivity contribution in [1.82, 2.24) is 15.1 Å². The van der Waals surface area contributed by atoms with Gasteiger partial charge < -0.3 is 10.2 Å². The van der Waals surface area contributed by atoms with Crippen molar-refractivity contribution in [2.24, 2.45) is 0 Å². The minimum absolute atomic E-state index is 0.0348. The summed E-state index contributed by atoms with van der Waals surface area (Å²) in [5.74, 6) is 0.292. The van der Waals surface area contributed by atoms with E-state index in [1.54, 1.807) is 0 Å². The van der Waals surface area contributed by atoms with Gasteiger partial charge in [-0.2, -0.15) is 0 Å². The molecule has 1 saturated carbocycles. The van der Waals surface area contributed by atoms with E-state index in [0.717, 1.165) is 45.2 Å². The van der Waals surface area contributed by atoms with Crippen LogP contribution in [0.25, 0.3) is 0 Å². The first-order valence-electron chi connectivity index (χ1n) is 8.14. The first-order chi connectivity index (χ1) is 10.3. The highest BCUT2D eigenvalue weighted by Crippen LogP contribution is 2.27. The Morgan fingerprint density at radius 3 is 2.48 bits per heavy atom. The number of benzene rings is 1. The van der Waals surface area contributed by atoms with E-state index in [2.05, 4.69) is 39.4 Å². The van der Waals surface area contributed by atoms with Crippen LogP contribution in [0.1, 0.15) is 24.0 Å². The Morgan fingerprint density at radius 1 is 1.05 bits per heavy atom. The smallest absolute Gasteiger partial charge is 0.240 e. The number of fused-ring (bicyclic) bond motifs is 1. The van der Waals surface area contributed by atoms with Crippen molar-refractivity contribution in [3.05, 3.63) is 35.4 Å². The lowest BCUT2D eigenvalue weighted by molar-refractivity contribution is -0.135. The third-order valence-corrected chi connectivity index (χ3v) is 5.07. The molecule has 0 spiro atoms. The second-order valence-corrected chi connectivity index (χ2v) is 6.50. The summed E-state index contributed by atoms with van der Waals surface area (Å²) in [5.41, 5.74) is 2.66. The Balaban J connectivity index is 1.37. The van der Waals surface area contributed by atoms with Gasteiger partial charge in [-0.15, -0.1) is 0 Å². The first-order valence-corrected chi connectivity index (χ1v) is 8.14. The van der Waals surface area contributed by atoms with Crippen LogP contribution >= 0.6 is 0 Å². The van der Waals surface area contributed by atoms with Crippen molar-refractivity contribution in [1.29, 1.82) is 0 Å². The van der Waals surface area contributed by atoms with Crippen molar-refractivity contribution in [3.63, 3.8) is 0 Å². The molecule has 0 bridgehead atoms. The molecule has 1 aromatic rings. The number of hydrogen-bond acceptors (Lipinski definition) is 3. The highest BCUT2D eigenvalue weighted by molar-refractivity contribution is 5.82. The van der Waals surface area contributed by atoms with Gasteiger partial charge in [0, 0.05) is 38.8 Å². The van der Waals surface area contributed by atoms with Gasteiger partial charge in [-0.1, -0.05) is 24.3 Å². The summed E-state index contributed by atoms with van der Waals surface area (Å²) in [5, 5.41) is 3.41. The fraction of sp³-hybridized carbons (Fsp3) is 0.588. The summed E-state index contributed by atoms with van der Waals surface area (Å²) in [6, 6.07) is 9.23. The maximum atomic E-state index is 12.7. The lowest BCUT2D eigenvalue weighted by Gasteiger charge is -2.37. The Labute approximate surface area is 126 Å². The summed E-state index contributed by atoms with van der Waals surface area (Å²) in [4.78, 5) is 17.3. The molecule has 1 aliphatic carbocycles. The predicted molar refractivity (Wildman–Crippen MR) is 81.9 cm³/mol. The molecule has 2 fully saturated rings. The zero-order valence-corrected chi connectivity index (χ0v) is 12.4. The number of rotatable bonds is 2. The van der Waals surface area contributed by atoms with Gasteiger partial charge in [0.25, 0.3) is 0 Å². The summed E-state index contributed by atoms with van der Waals surface area (Å²) in [6.45, 7) is 4.72. The van der Waals surface area contributed by atoms with Gasteiger partial charge in [-0.25, -0.2) is 0 Å². The molecule has 112 valence electrons. The van der Waals surface area contributed by atoms with Crippen LogP contribution in [0.3, 0.4) is 0 Å². The quantitative estimate of drug-likeness (QED) is 0.881. The molecule has 0 aromatic heterocycles. The van der Waals surface area contributed by atoms with Gasteiger partial charge in [0.1, 0.15) is 0 Å². The van der Waals surface area contributed by atoms with Gasteiger partial charge >= 0.3 is 0 Å². The lowest BCUT2D eigenvalue weighted by Crippen LogP contribution is -2.55. The van der Waals surface area contributed by atoms with Crippen molar-refractivity contribution in [3.8, 4) is 0 Å². The average Bonchev–Trinajstić information content (AvgIpc) is 3.39. The van der Waals surface area contributed by atoms with Crippen LogP contribution in [0, 0.1) is 0 Å². The minimum Gasteiger partial charge on any atom is -0.339 e. The Morgan fingerprint density at radius 2 is 1.76 bits per heavy atom. The van der Waals surface area contributed by atoms with Gasteiger partial charge in [0.2, 0.25) is 5.91 Å². The maximum Gasteiger partial charge on any atom is 0.240 e.